The molecule has 0 radical (unpaired) electrons. The van der Waals surface area contributed by atoms with E-state index in [2.05, 4.69) is 9.71 Å². The molecule has 2 aromatic carbocycles. The first kappa shape index (κ1) is 22.5. The summed E-state index contributed by atoms with van der Waals surface area (Å²) in [4.78, 5) is 3.39. The summed E-state index contributed by atoms with van der Waals surface area (Å²) in [5, 5.41) is 0.194. The van der Waals surface area contributed by atoms with E-state index in [0.29, 0.717) is 6.07 Å². The Morgan fingerprint density at radius 3 is 2.30 bits per heavy atom. The van der Waals surface area contributed by atoms with Gasteiger partial charge in [-0.15, -0.1) is 0 Å². The highest BCUT2D eigenvalue weighted by atomic mass is 35.5. The van der Waals surface area contributed by atoms with E-state index in [0.717, 1.165) is 18.2 Å². The predicted octanol–water partition coefficient (Wildman–Crippen LogP) is 6.65. The Kier molecular flexibility index (Phi) is 6.37. The van der Waals surface area contributed by atoms with Crippen LogP contribution in [0.3, 0.4) is 0 Å². The molecular formula is C18H10Cl3F3N2O3S. The molecule has 0 saturated carbocycles. The van der Waals surface area contributed by atoms with Crippen LogP contribution in [0.2, 0.25) is 15.1 Å². The van der Waals surface area contributed by atoms with Crippen molar-refractivity contribution in [1.82, 2.24) is 4.98 Å². The van der Waals surface area contributed by atoms with E-state index in [4.69, 9.17) is 39.5 Å². The number of nitrogens with one attached hydrogen (secondary N) is 1. The van der Waals surface area contributed by atoms with Crippen LogP contribution in [-0.4, -0.2) is 13.4 Å². The van der Waals surface area contributed by atoms with E-state index < -0.39 is 27.5 Å². The summed E-state index contributed by atoms with van der Waals surface area (Å²) < 4.78 is 73.0. The van der Waals surface area contributed by atoms with Gasteiger partial charge in [-0.1, -0.05) is 34.8 Å². The number of alkyl halides is 3. The summed E-state index contributed by atoms with van der Waals surface area (Å²) in [5.41, 5.74) is -1.55. The molecule has 3 rings (SSSR count). The van der Waals surface area contributed by atoms with E-state index in [-0.39, 0.29) is 31.4 Å². The smallest absolute Gasteiger partial charge is 0.420 e. The van der Waals surface area contributed by atoms with E-state index in [1.165, 1.54) is 30.6 Å². The lowest BCUT2D eigenvalue weighted by Crippen LogP contribution is -2.15. The van der Waals surface area contributed by atoms with E-state index >= 15 is 0 Å². The molecule has 0 atom stereocenters. The average Bonchev–Trinajstić information content (AvgIpc) is 2.61. The third-order valence-electron chi connectivity index (χ3n) is 3.63. The molecule has 0 aliphatic carbocycles. The molecule has 0 amide bonds. The van der Waals surface area contributed by atoms with Gasteiger partial charge in [-0.25, -0.2) is 8.42 Å². The van der Waals surface area contributed by atoms with Crippen molar-refractivity contribution in [1.29, 1.82) is 0 Å². The standard InChI is InChI=1S/C18H10Cl3F3N2O3S/c19-10-1-4-17(15(21)6-10)30(27,28)26-12-2-3-16(14(7-12)18(22,23)24)29-13-5-11(20)8-25-9-13/h1-9,26H. The summed E-state index contributed by atoms with van der Waals surface area (Å²) in [5.74, 6) is -0.576. The van der Waals surface area contributed by atoms with Gasteiger partial charge in [0.1, 0.15) is 22.0 Å². The fourth-order valence-corrected chi connectivity index (χ4v) is 4.37. The molecule has 5 nitrogen and oxygen atoms in total. The van der Waals surface area contributed by atoms with E-state index in [1.807, 2.05) is 0 Å². The van der Waals surface area contributed by atoms with Crippen LogP contribution in [0, 0.1) is 0 Å². The molecule has 0 aliphatic heterocycles. The van der Waals surface area contributed by atoms with Crippen LogP contribution in [0.25, 0.3) is 0 Å². The minimum absolute atomic E-state index is 0.0192. The van der Waals surface area contributed by atoms with Crippen LogP contribution in [0.1, 0.15) is 5.56 Å². The molecule has 0 aliphatic rings. The van der Waals surface area contributed by atoms with Crippen LogP contribution < -0.4 is 9.46 Å². The van der Waals surface area contributed by atoms with Crippen molar-refractivity contribution < 1.29 is 26.3 Å². The molecule has 0 unspecified atom stereocenters. The van der Waals surface area contributed by atoms with E-state index in [1.54, 1.807) is 0 Å². The van der Waals surface area contributed by atoms with Gasteiger partial charge < -0.3 is 4.74 Å². The molecule has 12 heteroatoms. The highest BCUT2D eigenvalue weighted by Crippen LogP contribution is 2.40. The Hall–Kier alpha value is -2.20. The number of benzene rings is 2. The highest BCUT2D eigenvalue weighted by molar-refractivity contribution is 7.92. The van der Waals surface area contributed by atoms with Crippen molar-refractivity contribution in [2.24, 2.45) is 0 Å². The van der Waals surface area contributed by atoms with Gasteiger partial charge in [0.05, 0.1) is 16.2 Å². The van der Waals surface area contributed by atoms with Crippen molar-refractivity contribution in [2.75, 3.05) is 4.72 Å². The first-order valence-corrected chi connectivity index (χ1v) is 10.5. The molecule has 1 N–H and O–H groups in total. The highest BCUT2D eigenvalue weighted by Gasteiger charge is 2.35. The Morgan fingerprint density at radius 2 is 1.67 bits per heavy atom. The molecule has 1 aromatic heterocycles. The number of halogens is 6. The molecular weight excluding hydrogens is 488 g/mol. The molecule has 30 heavy (non-hydrogen) atoms. The second-order valence-corrected chi connectivity index (χ2v) is 8.76. The van der Waals surface area contributed by atoms with Crippen molar-refractivity contribution >= 4 is 50.5 Å². The maximum Gasteiger partial charge on any atom is 0.420 e. The van der Waals surface area contributed by atoms with Crippen LogP contribution >= 0.6 is 34.8 Å². The van der Waals surface area contributed by atoms with Crippen LogP contribution in [0.15, 0.2) is 59.8 Å². The van der Waals surface area contributed by atoms with Crippen LogP contribution in [-0.2, 0) is 16.2 Å². The number of ether oxygens (including phenoxy) is 1. The summed E-state index contributed by atoms with van der Waals surface area (Å²) in [6, 6.07) is 7.62. The van der Waals surface area contributed by atoms with Crippen molar-refractivity contribution in [3.8, 4) is 11.5 Å². The zero-order valence-electron chi connectivity index (χ0n) is 14.5. The van der Waals surface area contributed by atoms with Gasteiger partial charge in [0, 0.05) is 23.0 Å². The number of hydrogen-bond acceptors (Lipinski definition) is 4. The Labute approximate surface area is 184 Å². The summed E-state index contributed by atoms with van der Waals surface area (Å²) >= 11 is 17.4. The number of anilines is 1. The summed E-state index contributed by atoms with van der Waals surface area (Å²) in [6.07, 6.45) is -2.36. The molecule has 0 saturated heterocycles. The lowest BCUT2D eigenvalue weighted by atomic mass is 10.1. The van der Waals surface area contributed by atoms with E-state index in [9.17, 15) is 21.6 Å². The zero-order valence-corrected chi connectivity index (χ0v) is 17.6. The number of hydrogen-bond donors (Lipinski definition) is 1. The number of rotatable bonds is 5. The third kappa shape index (κ3) is 5.28. The lowest BCUT2D eigenvalue weighted by molar-refractivity contribution is -0.138. The van der Waals surface area contributed by atoms with Gasteiger partial charge in [0.2, 0.25) is 0 Å². The second kappa shape index (κ2) is 8.50. The van der Waals surface area contributed by atoms with Gasteiger partial charge in [-0.3, -0.25) is 9.71 Å². The quantitative estimate of drug-likeness (QED) is 0.428. The molecule has 0 fully saturated rings. The monoisotopic (exact) mass is 496 g/mol. The predicted molar refractivity (Wildman–Crippen MR) is 108 cm³/mol. The first-order chi connectivity index (χ1) is 14.0. The summed E-state index contributed by atoms with van der Waals surface area (Å²) in [6.45, 7) is 0. The maximum atomic E-state index is 13.5. The second-order valence-electron chi connectivity index (χ2n) is 5.83. The normalized spacial score (nSPS) is 11.9. The molecule has 0 bridgehead atoms. The van der Waals surface area contributed by atoms with Crippen LogP contribution in [0.4, 0.5) is 18.9 Å². The van der Waals surface area contributed by atoms with Gasteiger partial charge >= 0.3 is 6.18 Å². The topological polar surface area (TPSA) is 68.3 Å². The van der Waals surface area contributed by atoms with Gasteiger partial charge in [-0.2, -0.15) is 13.2 Å². The minimum Gasteiger partial charge on any atom is -0.455 e. The maximum absolute atomic E-state index is 13.5. The molecule has 3 aromatic rings. The lowest BCUT2D eigenvalue weighted by Gasteiger charge is -2.16. The molecule has 1 heterocycles. The first-order valence-electron chi connectivity index (χ1n) is 7.93. The van der Waals surface area contributed by atoms with Crippen LogP contribution in [0.5, 0.6) is 11.5 Å². The number of pyridine rings is 1. The molecule has 158 valence electrons. The average molecular weight is 498 g/mol. The van der Waals surface area contributed by atoms with Crippen molar-refractivity contribution in [3.05, 3.63) is 75.5 Å². The largest absolute Gasteiger partial charge is 0.455 e. The van der Waals surface area contributed by atoms with Gasteiger partial charge in [0.15, 0.2) is 0 Å². The van der Waals surface area contributed by atoms with Crippen molar-refractivity contribution in [2.45, 2.75) is 11.1 Å². The summed E-state index contributed by atoms with van der Waals surface area (Å²) in [7, 11) is -4.28. The fourth-order valence-electron chi connectivity index (χ4n) is 2.38. The number of sulfonamides is 1. The number of aromatic nitrogens is 1. The fraction of sp³-hybridized carbons (Fsp3) is 0.0556. The van der Waals surface area contributed by atoms with Gasteiger partial charge in [0.25, 0.3) is 10.0 Å². The minimum atomic E-state index is -4.83. The van der Waals surface area contributed by atoms with Crippen molar-refractivity contribution in [3.63, 3.8) is 0 Å². The SMILES string of the molecule is O=S(=O)(Nc1ccc(Oc2cncc(Cl)c2)c(C(F)(F)F)c1)c1ccc(Cl)cc1Cl. The van der Waals surface area contributed by atoms with Gasteiger partial charge in [-0.05, 0) is 36.4 Å². The third-order valence-corrected chi connectivity index (χ3v) is 5.93. The molecule has 0 spiro atoms. The Morgan fingerprint density at radius 1 is 0.933 bits per heavy atom. The number of nitrogens with zero attached hydrogens (tertiary/aromatic N) is 1. The Balaban J connectivity index is 1.97. The Bertz CT molecular complexity index is 1200. The zero-order chi connectivity index (χ0) is 22.1.